The zero-order chi connectivity index (χ0) is 46.4. The van der Waals surface area contributed by atoms with Gasteiger partial charge in [-0.1, -0.05) is 53.6 Å². The molecule has 4 aromatic carbocycles. The third kappa shape index (κ3) is 10.0. The van der Waals surface area contributed by atoms with Gasteiger partial charge in [0.1, 0.15) is 15.5 Å². The number of nitrogens with one attached hydrogen (secondary N) is 2. The number of fused-ring (bicyclic) bond motifs is 6. The van der Waals surface area contributed by atoms with E-state index in [1.165, 1.54) is 31.3 Å². The third-order valence-corrected chi connectivity index (χ3v) is 13.2. The number of carbonyl (C=O) groups is 2. The second-order valence-corrected chi connectivity index (χ2v) is 17.7. The molecule has 22 heteroatoms. The van der Waals surface area contributed by atoms with Gasteiger partial charge in [0.05, 0.1) is 84.4 Å². The molecule has 4 aliphatic rings. The number of anilines is 2. The van der Waals surface area contributed by atoms with Crippen LogP contribution < -0.4 is 88.7 Å². The van der Waals surface area contributed by atoms with Gasteiger partial charge >= 0.3 is 59.1 Å². The van der Waals surface area contributed by atoms with Crippen molar-refractivity contribution in [2.45, 2.75) is 42.9 Å². The Morgan fingerprint density at radius 3 is 1.68 bits per heavy atom. The first-order valence-corrected chi connectivity index (χ1v) is 22.9. The van der Waals surface area contributed by atoms with Gasteiger partial charge in [0.2, 0.25) is 0 Å². The average Bonchev–Trinajstić information content (AvgIpc) is 3.95. The molecule has 6 aromatic rings. The molecule has 4 atom stereocenters. The van der Waals surface area contributed by atoms with E-state index in [9.17, 15) is 22.6 Å². The zero-order valence-corrected chi connectivity index (χ0v) is 43.4. The number of carbonyl (C=O) groups excluding carboxylic acids is 2. The molecular formula is C47H40N6Na2O12S2. The number of para-hydroxylation sites is 2. The number of pyridine rings is 2. The van der Waals surface area contributed by atoms with Crippen LogP contribution in [0.5, 0.6) is 23.0 Å². The van der Waals surface area contributed by atoms with Crippen LogP contribution in [0.4, 0.5) is 11.4 Å². The summed E-state index contributed by atoms with van der Waals surface area (Å²) in [5.74, 6) is 0.129. The van der Waals surface area contributed by atoms with Gasteiger partial charge in [0.25, 0.3) is 11.8 Å². The van der Waals surface area contributed by atoms with E-state index in [-0.39, 0.29) is 119 Å². The molecule has 2 N–H and O–H groups in total. The summed E-state index contributed by atoms with van der Waals surface area (Å²) >= 11 is 4.50. The molecule has 2 unspecified atom stereocenters. The van der Waals surface area contributed by atoms with Gasteiger partial charge in [-0.15, -0.1) is 0 Å². The first-order chi connectivity index (χ1) is 32.5. The molecule has 2 amide bonds. The number of rotatable bonds is 14. The van der Waals surface area contributed by atoms with E-state index in [0.717, 1.165) is 27.4 Å². The topological polar surface area (TPSA) is 212 Å². The van der Waals surface area contributed by atoms with Crippen LogP contribution in [0, 0.1) is 0 Å². The summed E-state index contributed by atoms with van der Waals surface area (Å²) in [5, 5.41) is 11.1. The molecule has 0 bridgehead atoms. The van der Waals surface area contributed by atoms with E-state index in [4.69, 9.17) is 38.8 Å². The summed E-state index contributed by atoms with van der Waals surface area (Å²) in [6, 6.07) is 27.4. The fourth-order valence-corrected chi connectivity index (χ4v) is 9.82. The molecular weight excluding hydrogens is 951 g/mol. The number of hydrogen-bond acceptors (Lipinski definition) is 17. The summed E-state index contributed by atoms with van der Waals surface area (Å²) in [6.45, 7) is 0.203. The molecule has 4 aliphatic heterocycles. The molecule has 18 nitrogen and oxygen atoms in total. The van der Waals surface area contributed by atoms with Crippen molar-refractivity contribution in [3.05, 3.63) is 132 Å². The van der Waals surface area contributed by atoms with Crippen LogP contribution in [0.1, 0.15) is 51.4 Å². The van der Waals surface area contributed by atoms with Crippen LogP contribution in [0.3, 0.4) is 0 Å². The van der Waals surface area contributed by atoms with E-state index in [1.54, 1.807) is 35.5 Å². The second kappa shape index (κ2) is 21.2. The van der Waals surface area contributed by atoms with E-state index in [1.807, 2.05) is 66.7 Å². The number of ether oxygens (including phenoxy) is 4. The monoisotopic (exact) mass is 990 g/mol. The van der Waals surface area contributed by atoms with Crippen molar-refractivity contribution in [1.29, 1.82) is 0 Å². The molecule has 2 aromatic heterocycles. The summed E-state index contributed by atoms with van der Waals surface area (Å²) in [5.41, 5.74) is 5.08. The standard InChI is InChI=1S/C47H42N6O12S2.2Na/c1-59-40-20-30-36(50-44(63-64-65-66)38-18-28(24-52(38)46(30)54)34-14-12-26-8-3-5-10-32(26)48-34)22-42(40)61-16-7-17-62-43-23-37-31(21-41(43)60-2)47(55)53-25-29(19-39(53)45(51-37)67(56,57)58)35-15-13-27-9-4-6-11-33(27)49-35;;/h3-6,8-15,20-25,38-39,44-45,50-51,66H,7,16-19H2,1-2H3,(H,56,57,58);;/q;2*+1/p-2/t38-,39-,44?,45?;;/m0../s1. The Kier molecular flexibility index (Phi) is 15.5. The van der Waals surface area contributed by atoms with Crippen molar-refractivity contribution in [2.75, 3.05) is 38.1 Å². The predicted octanol–water partition coefficient (Wildman–Crippen LogP) is 0.557. The summed E-state index contributed by atoms with van der Waals surface area (Å²) in [6.07, 6.45) is 3.13. The largest absolute Gasteiger partial charge is 1.00 e. The molecule has 344 valence electrons. The Bertz CT molecular complexity index is 3150. The van der Waals surface area contributed by atoms with Gasteiger partial charge in [-0.25, -0.2) is 18.4 Å². The van der Waals surface area contributed by atoms with Gasteiger partial charge in [-0.2, -0.15) is 4.89 Å². The van der Waals surface area contributed by atoms with Gasteiger partial charge in [0, 0.05) is 48.1 Å². The SMILES string of the molecule is COc1cc2c(cc1OCCCOc1cc3c(cc1OC)C(=O)N1C=C(c4ccc5ccccc5n4)C[C@H]1C(S(=O)(=O)[O-])N3)NC(OOO[S-])[C@@H]1CC(c3ccc4ccccc4n3)=CN1C2=O.[Na+].[Na+]. The van der Waals surface area contributed by atoms with Gasteiger partial charge in [-0.3, -0.25) is 9.59 Å². The summed E-state index contributed by atoms with van der Waals surface area (Å²) < 4.78 is 66.3. The Balaban J connectivity index is 0.00000321. The molecule has 0 radical (unpaired) electrons. The van der Waals surface area contributed by atoms with Crippen molar-refractivity contribution >= 4 is 79.2 Å². The first-order valence-electron chi connectivity index (χ1n) is 21.1. The molecule has 0 aliphatic carbocycles. The first kappa shape index (κ1) is 50.4. The normalized spacial score (nSPS) is 19.2. The molecule has 0 spiro atoms. The van der Waals surface area contributed by atoms with Crippen molar-refractivity contribution in [3.8, 4) is 23.0 Å². The van der Waals surface area contributed by atoms with E-state index < -0.39 is 39.7 Å². The molecule has 0 saturated heterocycles. The maximum atomic E-state index is 14.2. The van der Waals surface area contributed by atoms with Crippen molar-refractivity contribution < 1.29 is 115 Å². The minimum Gasteiger partial charge on any atom is -0.746 e. The maximum Gasteiger partial charge on any atom is 1.00 e. The zero-order valence-electron chi connectivity index (χ0n) is 37.7. The van der Waals surface area contributed by atoms with Gasteiger partial charge in [-0.05, 0) is 54.0 Å². The minimum absolute atomic E-state index is 0. The average molecular weight is 991 g/mol. The Morgan fingerprint density at radius 2 is 1.17 bits per heavy atom. The third-order valence-electron chi connectivity index (χ3n) is 12.1. The second-order valence-electron chi connectivity index (χ2n) is 16.1. The van der Waals surface area contributed by atoms with E-state index in [0.29, 0.717) is 41.2 Å². The fraction of sp³-hybridized carbons (Fsp3) is 0.234. The van der Waals surface area contributed by atoms with Crippen LogP contribution in [-0.4, -0.2) is 95.7 Å². The number of aromatic nitrogens is 2. The van der Waals surface area contributed by atoms with E-state index in [2.05, 4.69) is 27.9 Å². The van der Waals surface area contributed by atoms with Crippen LogP contribution in [0.2, 0.25) is 0 Å². The van der Waals surface area contributed by atoms with Crippen LogP contribution in [0.25, 0.3) is 33.0 Å². The number of methoxy groups -OCH3 is 2. The Hall–Kier alpha value is -4.94. The fourth-order valence-electron chi connectivity index (χ4n) is 8.90. The molecule has 6 heterocycles. The van der Waals surface area contributed by atoms with Crippen molar-refractivity contribution in [3.63, 3.8) is 0 Å². The van der Waals surface area contributed by atoms with Crippen molar-refractivity contribution in [2.24, 2.45) is 0 Å². The summed E-state index contributed by atoms with van der Waals surface area (Å²) in [7, 11) is -2.12. The number of nitrogens with zero attached hydrogens (tertiary/aromatic N) is 4. The maximum absolute atomic E-state index is 14.2. The predicted molar refractivity (Wildman–Crippen MR) is 245 cm³/mol. The minimum atomic E-state index is -5.00. The summed E-state index contributed by atoms with van der Waals surface area (Å²) in [4.78, 5) is 46.2. The molecule has 10 rings (SSSR count). The quantitative estimate of drug-likeness (QED) is 0.0381. The van der Waals surface area contributed by atoms with Crippen LogP contribution >= 0.6 is 0 Å². The molecule has 0 fully saturated rings. The number of hydrogen-bond donors (Lipinski definition) is 2. The van der Waals surface area contributed by atoms with E-state index >= 15 is 0 Å². The molecule has 0 saturated carbocycles. The Labute approximate surface area is 446 Å². The van der Waals surface area contributed by atoms with Crippen molar-refractivity contribution in [1.82, 2.24) is 19.8 Å². The Morgan fingerprint density at radius 1 is 0.681 bits per heavy atom. The van der Waals surface area contributed by atoms with Crippen LogP contribution in [0.15, 0.2) is 109 Å². The smallest absolute Gasteiger partial charge is 0.746 e. The number of benzene rings is 4. The number of amides is 2. The van der Waals surface area contributed by atoms with Crippen LogP contribution in [-0.2, 0) is 37.3 Å². The van der Waals surface area contributed by atoms with Gasteiger partial charge in [0.15, 0.2) is 29.2 Å². The molecule has 69 heavy (non-hydrogen) atoms. The van der Waals surface area contributed by atoms with Gasteiger partial charge < -0.3 is 61.2 Å².